The van der Waals surface area contributed by atoms with Gasteiger partial charge in [0.1, 0.15) is 5.75 Å². The topological polar surface area (TPSA) is 79.8 Å². The number of hydrogen-bond acceptors (Lipinski definition) is 5. The predicted molar refractivity (Wildman–Crippen MR) is 98.5 cm³/mol. The minimum atomic E-state index is -3.24. The molecule has 1 aromatic heterocycles. The molecule has 0 spiro atoms. The van der Waals surface area contributed by atoms with E-state index in [0.29, 0.717) is 25.4 Å². The van der Waals surface area contributed by atoms with Crippen LogP contribution in [-0.2, 0) is 21.2 Å². The molecule has 3 aliphatic rings. The van der Waals surface area contributed by atoms with Crippen molar-refractivity contribution in [2.75, 3.05) is 32.5 Å². The van der Waals surface area contributed by atoms with Gasteiger partial charge in [-0.25, -0.2) is 8.42 Å². The van der Waals surface area contributed by atoms with Gasteiger partial charge in [-0.15, -0.1) is 0 Å². The monoisotopic (exact) mass is 381 g/mol. The average molecular weight is 381 g/mol. The first-order valence-electron chi connectivity index (χ1n) is 9.11. The molecule has 4 heterocycles. The number of ether oxygens (including phenoxy) is 1. The van der Waals surface area contributed by atoms with Crippen LogP contribution in [0, 0.1) is 12.8 Å². The summed E-state index contributed by atoms with van der Waals surface area (Å²) >= 11 is 0. The highest BCUT2D eigenvalue weighted by Crippen LogP contribution is 2.29. The molecule has 0 saturated carbocycles. The molecule has 1 amide bonds. The molecule has 0 radical (unpaired) electrons. The fourth-order valence-electron chi connectivity index (χ4n) is 3.82. The van der Waals surface area contributed by atoms with Gasteiger partial charge in [-0.3, -0.25) is 9.78 Å². The Morgan fingerprint density at radius 1 is 1.27 bits per heavy atom. The zero-order valence-corrected chi connectivity index (χ0v) is 16.5. The molecule has 0 aliphatic carbocycles. The molecule has 3 fully saturated rings. The Hall–Kier alpha value is -1.67. The van der Waals surface area contributed by atoms with Gasteiger partial charge in [-0.05, 0) is 44.2 Å². The Labute approximate surface area is 155 Å². The van der Waals surface area contributed by atoms with Crippen molar-refractivity contribution >= 4 is 15.9 Å². The smallest absolute Gasteiger partial charge is 0.260 e. The molecule has 3 saturated heterocycles. The predicted octanol–water partition coefficient (Wildman–Crippen LogP) is 1.21. The first-order chi connectivity index (χ1) is 12.3. The number of rotatable bonds is 5. The number of sulfonamides is 1. The van der Waals surface area contributed by atoms with E-state index in [-0.39, 0.29) is 24.5 Å². The second-order valence-electron chi connectivity index (χ2n) is 7.26. The van der Waals surface area contributed by atoms with E-state index in [0.717, 1.165) is 30.7 Å². The largest absolute Gasteiger partial charge is 0.482 e. The number of carbonyl (C=O) groups is 1. The number of aromatic nitrogens is 1. The van der Waals surface area contributed by atoms with Crippen LogP contribution in [0.4, 0.5) is 0 Å². The standard InChI is InChI=1S/C18H27N3O4S/c1-4-16-17(8-5-13(2)19-16)25-12-18(22)21-10-14-6-7-15(21)11-20(9-14)26(3,23)24/h5,8,14-15H,4,6-7,9-12H2,1-3H3/t14-,15+/m0/s1. The van der Waals surface area contributed by atoms with Gasteiger partial charge in [0, 0.05) is 31.4 Å². The summed E-state index contributed by atoms with van der Waals surface area (Å²) in [5.74, 6) is 0.751. The van der Waals surface area contributed by atoms with Crippen molar-refractivity contribution in [2.24, 2.45) is 5.92 Å². The van der Waals surface area contributed by atoms with Crippen LogP contribution in [0.5, 0.6) is 5.75 Å². The molecule has 1 aromatic rings. The fourth-order valence-corrected chi connectivity index (χ4v) is 4.74. The van der Waals surface area contributed by atoms with Gasteiger partial charge in [0.25, 0.3) is 5.91 Å². The third-order valence-corrected chi connectivity index (χ3v) is 6.46. The highest BCUT2D eigenvalue weighted by atomic mass is 32.2. The minimum absolute atomic E-state index is 0.0418. The van der Waals surface area contributed by atoms with Crippen LogP contribution >= 0.6 is 0 Å². The summed E-state index contributed by atoms with van der Waals surface area (Å²) < 4.78 is 31.1. The maximum Gasteiger partial charge on any atom is 0.260 e. The zero-order chi connectivity index (χ0) is 18.9. The highest BCUT2D eigenvalue weighted by molar-refractivity contribution is 7.88. The Morgan fingerprint density at radius 3 is 2.73 bits per heavy atom. The second kappa shape index (κ2) is 7.52. The summed E-state index contributed by atoms with van der Waals surface area (Å²) in [6, 6.07) is 3.66. The Kier molecular flexibility index (Phi) is 5.53. The van der Waals surface area contributed by atoms with E-state index in [1.165, 1.54) is 10.6 Å². The van der Waals surface area contributed by atoms with Crippen LogP contribution in [0.3, 0.4) is 0 Å². The van der Waals surface area contributed by atoms with Crippen molar-refractivity contribution < 1.29 is 17.9 Å². The number of amides is 1. The van der Waals surface area contributed by atoms with Crippen LogP contribution < -0.4 is 4.74 Å². The van der Waals surface area contributed by atoms with E-state index < -0.39 is 10.0 Å². The number of aryl methyl sites for hydroxylation is 2. The molecule has 0 unspecified atom stereocenters. The van der Waals surface area contributed by atoms with Gasteiger partial charge in [0.05, 0.1) is 11.9 Å². The van der Waals surface area contributed by atoms with Crippen molar-refractivity contribution in [3.63, 3.8) is 0 Å². The molecule has 2 bridgehead atoms. The van der Waals surface area contributed by atoms with Crippen molar-refractivity contribution in [3.05, 3.63) is 23.5 Å². The van der Waals surface area contributed by atoms with Crippen LogP contribution in [0.2, 0.25) is 0 Å². The quantitative estimate of drug-likeness (QED) is 0.766. The van der Waals surface area contributed by atoms with Crippen LogP contribution in [0.25, 0.3) is 0 Å². The number of fused-ring (bicyclic) bond motifs is 4. The third kappa shape index (κ3) is 4.17. The van der Waals surface area contributed by atoms with Crippen molar-refractivity contribution in [2.45, 2.75) is 39.2 Å². The minimum Gasteiger partial charge on any atom is -0.482 e. The van der Waals surface area contributed by atoms with E-state index in [1.54, 1.807) is 0 Å². The number of pyridine rings is 1. The number of piperidine rings is 1. The zero-order valence-electron chi connectivity index (χ0n) is 15.6. The molecule has 2 atom stereocenters. The Morgan fingerprint density at radius 2 is 2.04 bits per heavy atom. The summed E-state index contributed by atoms with van der Waals surface area (Å²) in [5, 5.41) is 0. The number of carbonyl (C=O) groups excluding carboxylic acids is 1. The van der Waals surface area contributed by atoms with E-state index in [2.05, 4.69) is 4.98 Å². The summed E-state index contributed by atoms with van der Waals surface area (Å²) in [6.07, 6.45) is 3.78. The van der Waals surface area contributed by atoms with Crippen LogP contribution in [-0.4, -0.2) is 67.1 Å². The van der Waals surface area contributed by atoms with Gasteiger partial charge in [0.2, 0.25) is 10.0 Å². The van der Waals surface area contributed by atoms with Crippen molar-refractivity contribution in [3.8, 4) is 5.75 Å². The maximum atomic E-state index is 12.7. The normalized spacial score (nSPS) is 23.7. The van der Waals surface area contributed by atoms with Crippen LogP contribution in [0.1, 0.15) is 31.2 Å². The lowest BCUT2D eigenvalue weighted by molar-refractivity contribution is -0.137. The summed E-state index contributed by atoms with van der Waals surface area (Å²) in [6.45, 7) is 5.38. The number of hydrogen-bond donors (Lipinski definition) is 0. The fraction of sp³-hybridized carbons (Fsp3) is 0.667. The van der Waals surface area contributed by atoms with Gasteiger partial charge in [0.15, 0.2) is 6.61 Å². The summed E-state index contributed by atoms with van der Waals surface area (Å²) in [4.78, 5) is 19.0. The third-order valence-electron chi connectivity index (χ3n) is 5.23. The van der Waals surface area contributed by atoms with E-state index in [9.17, 15) is 13.2 Å². The van der Waals surface area contributed by atoms with Crippen molar-refractivity contribution in [1.29, 1.82) is 0 Å². The molecule has 3 aliphatic heterocycles. The Bertz CT molecular complexity index is 781. The van der Waals surface area contributed by atoms with Gasteiger partial charge in [-0.2, -0.15) is 4.31 Å². The molecule has 0 N–H and O–H groups in total. The molecule has 4 rings (SSSR count). The molecular formula is C18H27N3O4S. The average Bonchev–Trinajstić information content (AvgIpc) is 2.92. The molecule has 0 aromatic carbocycles. The second-order valence-corrected chi connectivity index (χ2v) is 9.25. The van der Waals surface area contributed by atoms with Crippen LogP contribution in [0.15, 0.2) is 12.1 Å². The summed E-state index contributed by atoms with van der Waals surface area (Å²) in [5.41, 5.74) is 1.77. The Balaban J connectivity index is 1.67. The SMILES string of the molecule is CCc1nc(C)ccc1OCC(=O)N1C[C@H]2CC[C@@H]1CN(S(C)(=O)=O)C2. The lowest BCUT2D eigenvalue weighted by Crippen LogP contribution is -2.49. The number of nitrogens with zero attached hydrogens (tertiary/aromatic N) is 3. The molecule has 8 heteroatoms. The van der Waals surface area contributed by atoms with E-state index in [4.69, 9.17) is 4.74 Å². The van der Waals surface area contributed by atoms with Gasteiger partial charge < -0.3 is 9.64 Å². The molecule has 7 nitrogen and oxygen atoms in total. The van der Waals surface area contributed by atoms with E-state index >= 15 is 0 Å². The molecular weight excluding hydrogens is 354 g/mol. The lowest BCUT2D eigenvalue weighted by Gasteiger charge is -2.36. The first-order valence-corrected chi connectivity index (χ1v) is 11.0. The maximum absolute atomic E-state index is 12.7. The van der Waals surface area contributed by atoms with Gasteiger partial charge >= 0.3 is 0 Å². The molecule has 144 valence electrons. The first kappa shape index (κ1) is 19.1. The molecule has 26 heavy (non-hydrogen) atoms. The summed E-state index contributed by atoms with van der Waals surface area (Å²) in [7, 11) is -3.24. The lowest BCUT2D eigenvalue weighted by atomic mass is 9.95. The van der Waals surface area contributed by atoms with Crippen molar-refractivity contribution in [1.82, 2.24) is 14.2 Å². The van der Waals surface area contributed by atoms with Gasteiger partial charge in [-0.1, -0.05) is 6.92 Å². The van der Waals surface area contributed by atoms with E-state index in [1.807, 2.05) is 30.9 Å². The highest BCUT2D eigenvalue weighted by Gasteiger charge is 2.39.